The van der Waals surface area contributed by atoms with E-state index in [9.17, 15) is 9.59 Å². The second-order valence-corrected chi connectivity index (χ2v) is 5.38. The Hall–Kier alpha value is -2.18. The third-order valence-electron chi connectivity index (χ3n) is 2.91. The van der Waals surface area contributed by atoms with E-state index in [1.165, 1.54) is 19.2 Å². The second-order valence-electron chi connectivity index (χ2n) is 4.52. The van der Waals surface area contributed by atoms with Gasteiger partial charge in [0.2, 0.25) is 0 Å². The van der Waals surface area contributed by atoms with Gasteiger partial charge >= 0.3 is 11.9 Å². The molecular weight excluding hydrogens is 364 g/mol. The zero-order valence-electron chi connectivity index (χ0n) is 12.5. The summed E-state index contributed by atoms with van der Waals surface area (Å²) < 4.78 is 15.7. The van der Waals surface area contributed by atoms with Crippen molar-refractivity contribution in [2.24, 2.45) is 0 Å². The van der Waals surface area contributed by atoms with Crippen molar-refractivity contribution in [3.05, 3.63) is 64.1 Å². The standard InChI is InChI=1S/C17H15BrO5/c1-21-10-11-22-16(19)12-6-8-13(9-7-12)23-17(20)14-4-2-3-5-15(14)18/h2-9H,10-11H2,1H3. The summed E-state index contributed by atoms with van der Waals surface area (Å²) in [6, 6.07) is 13.1. The number of methoxy groups -OCH3 is 1. The summed E-state index contributed by atoms with van der Waals surface area (Å²) in [5, 5.41) is 0. The summed E-state index contributed by atoms with van der Waals surface area (Å²) in [5.41, 5.74) is 0.803. The lowest BCUT2D eigenvalue weighted by molar-refractivity contribution is 0.0388. The van der Waals surface area contributed by atoms with E-state index in [0.29, 0.717) is 28.0 Å². The fourth-order valence-electron chi connectivity index (χ4n) is 1.75. The van der Waals surface area contributed by atoms with Crippen LogP contribution in [0.3, 0.4) is 0 Å². The number of rotatable bonds is 6. The minimum Gasteiger partial charge on any atom is -0.460 e. The molecule has 0 radical (unpaired) electrons. The van der Waals surface area contributed by atoms with E-state index in [2.05, 4.69) is 15.9 Å². The molecule has 0 aliphatic carbocycles. The minimum absolute atomic E-state index is 0.189. The van der Waals surface area contributed by atoms with E-state index in [1.54, 1.807) is 30.3 Å². The average molecular weight is 379 g/mol. The van der Waals surface area contributed by atoms with Gasteiger partial charge in [0.25, 0.3) is 0 Å². The summed E-state index contributed by atoms with van der Waals surface area (Å²) in [7, 11) is 1.53. The SMILES string of the molecule is COCCOC(=O)c1ccc(OC(=O)c2ccccc2Br)cc1. The number of ether oxygens (including phenoxy) is 3. The van der Waals surface area contributed by atoms with Gasteiger partial charge in [0.05, 0.1) is 17.7 Å². The van der Waals surface area contributed by atoms with Crippen molar-refractivity contribution < 1.29 is 23.8 Å². The summed E-state index contributed by atoms with van der Waals surface area (Å²) in [5.74, 6) is -0.585. The molecule has 0 aromatic heterocycles. The van der Waals surface area contributed by atoms with Crippen LogP contribution < -0.4 is 4.74 Å². The predicted octanol–water partition coefficient (Wildman–Crippen LogP) is 3.47. The summed E-state index contributed by atoms with van der Waals surface area (Å²) in [6.45, 7) is 0.529. The largest absolute Gasteiger partial charge is 0.460 e. The molecule has 120 valence electrons. The molecule has 2 aromatic carbocycles. The highest BCUT2D eigenvalue weighted by atomic mass is 79.9. The lowest BCUT2D eigenvalue weighted by Crippen LogP contribution is -2.11. The van der Waals surface area contributed by atoms with Gasteiger partial charge in [-0.2, -0.15) is 0 Å². The van der Waals surface area contributed by atoms with Crippen LogP contribution >= 0.6 is 15.9 Å². The van der Waals surface area contributed by atoms with Gasteiger partial charge in [0.15, 0.2) is 0 Å². The monoisotopic (exact) mass is 378 g/mol. The van der Waals surface area contributed by atoms with E-state index in [-0.39, 0.29) is 6.61 Å². The Morgan fingerprint density at radius 3 is 2.30 bits per heavy atom. The smallest absolute Gasteiger partial charge is 0.344 e. The Balaban J connectivity index is 1.99. The Morgan fingerprint density at radius 2 is 1.65 bits per heavy atom. The first-order valence-corrected chi connectivity index (χ1v) is 7.64. The number of carbonyl (C=O) groups excluding carboxylic acids is 2. The van der Waals surface area contributed by atoms with Gasteiger partial charge in [-0.05, 0) is 52.3 Å². The molecular formula is C17H15BrO5. The van der Waals surface area contributed by atoms with Crippen molar-refractivity contribution in [2.75, 3.05) is 20.3 Å². The van der Waals surface area contributed by atoms with Crippen LogP contribution in [0.4, 0.5) is 0 Å². The number of esters is 2. The van der Waals surface area contributed by atoms with Crippen molar-refractivity contribution in [1.82, 2.24) is 0 Å². The van der Waals surface area contributed by atoms with E-state index >= 15 is 0 Å². The molecule has 23 heavy (non-hydrogen) atoms. The van der Waals surface area contributed by atoms with Crippen LogP contribution in [0.1, 0.15) is 20.7 Å². The van der Waals surface area contributed by atoms with Crippen LogP contribution in [0.2, 0.25) is 0 Å². The molecule has 0 N–H and O–H groups in total. The van der Waals surface area contributed by atoms with Gasteiger partial charge in [0.1, 0.15) is 12.4 Å². The highest BCUT2D eigenvalue weighted by Crippen LogP contribution is 2.19. The normalized spacial score (nSPS) is 10.2. The molecule has 2 aromatic rings. The fourth-order valence-corrected chi connectivity index (χ4v) is 2.20. The number of hydrogen-bond donors (Lipinski definition) is 0. The first-order valence-electron chi connectivity index (χ1n) is 6.84. The van der Waals surface area contributed by atoms with Gasteiger partial charge in [-0.25, -0.2) is 9.59 Å². The van der Waals surface area contributed by atoms with Crippen LogP contribution in [-0.2, 0) is 9.47 Å². The van der Waals surface area contributed by atoms with Gasteiger partial charge in [-0.3, -0.25) is 0 Å². The van der Waals surface area contributed by atoms with Crippen molar-refractivity contribution in [3.63, 3.8) is 0 Å². The van der Waals surface area contributed by atoms with Crippen LogP contribution in [0.25, 0.3) is 0 Å². The number of benzene rings is 2. The third kappa shape index (κ3) is 4.91. The Labute approximate surface area is 142 Å². The van der Waals surface area contributed by atoms with E-state index in [4.69, 9.17) is 14.2 Å². The summed E-state index contributed by atoms with van der Waals surface area (Å²) >= 11 is 3.30. The van der Waals surface area contributed by atoms with Crippen LogP contribution in [0.5, 0.6) is 5.75 Å². The zero-order chi connectivity index (χ0) is 16.7. The Bertz CT molecular complexity index is 682. The molecule has 0 aliphatic rings. The molecule has 0 spiro atoms. The van der Waals surface area contributed by atoms with Crippen molar-refractivity contribution >= 4 is 27.9 Å². The molecule has 0 bridgehead atoms. The molecule has 5 nitrogen and oxygen atoms in total. The molecule has 0 saturated heterocycles. The van der Waals surface area contributed by atoms with E-state index < -0.39 is 11.9 Å². The predicted molar refractivity (Wildman–Crippen MR) is 87.7 cm³/mol. The maximum atomic E-state index is 12.1. The molecule has 0 heterocycles. The minimum atomic E-state index is -0.479. The average Bonchev–Trinajstić information content (AvgIpc) is 2.56. The van der Waals surface area contributed by atoms with Crippen molar-refractivity contribution in [1.29, 1.82) is 0 Å². The van der Waals surface area contributed by atoms with E-state index in [1.807, 2.05) is 6.07 Å². The molecule has 0 unspecified atom stereocenters. The van der Waals surface area contributed by atoms with Gasteiger partial charge in [-0.15, -0.1) is 0 Å². The molecule has 2 rings (SSSR count). The van der Waals surface area contributed by atoms with Crippen LogP contribution in [0.15, 0.2) is 53.0 Å². The first-order chi connectivity index (χ1) is 11.1. The van der Waals surface area contributed by atoms with Gasteiger partial charge < -0.3 is 14.2 Å². The fraction of sp³-hybridized carbons (Fsp3) is 0.176. The highest BCUT2D eigenvalue weighted by Gasteiger charge is 2.13. The molecule has 0 fully saturated rings. The molecule has 0 saturated carbocycles. The highest BCUT2D eigenvalue weighted by molar-refractivity contribution is 9.10. The van der Waals surface area contributed by atoms with Gasteiger partial charge in [0, 0.05) is 11.6 Å². The van der Waals surface area contributed by atoms with Gasteiger partial charge in [-0.1, -0.05) is 12.1 Å². The number of carbonyl (C=O) groups is 2. The third-order valence-corrected chi connectivity index (χ3v) is 3.61. The van der Waals surface area contributed by atoms with Crippen LogP contribution in [-0.4, -0.2) is 32.3 Å². The lowest BCUT2D eigenvalue weighted by atomic mass is 10.2. The first kappa shape index (κ1) is 17.2. The second kappa shape index (κ2) is 8.45. The maximum absolute atomic E-state index is 12.1. The maximum Gasteiger partial charge on any atom is 0.344 e. The number of hydrogen-bond acceptors (Lipinski definition) is 5. The topological polar surface area (TPSA) is 61.8 Å². The zero-order valence-corrected chi connectivity index (χ0v) is 14.0. The summed E-state index contributed by atoms with van der Waals surface area (Å²) in [4.78, 5) is 23.8. The quantitative estimate of drug-likeness (QED) is 0.437. The molecule has 0 amide bonds. The Kier molecular flexibility index (Phi) is 6.31. The molecule has 0 aliphatic heterocycles. The molecule has 0 atom stereocenters. The number of halogens is 1. The molecule has 6 heteroatoms. The van der Waals surface area contributed by atoms with E-state index in [0.717, 1.165) is 0 Å². The Morgan fingerprint density at radius 1 is 0.957 bits per heavy atom. The van der Waals surface area contributed by atoms with Crippen molar-refractivity contribution in [3.8, 4) is 5.75 Å². The summed E-state index contributed by atoms with van der Waals surface area (Å²) in [6.07, 6.45) is 0. The van der Waals surface area contributed by atoms with Crippen LogP contribution in [0, 0.1) is 0 Å². The van der Waals surface area contributed by atoms with Crippen molar-refractivity contribution in [2.45, 2.75) is 0 Å². The lowest BCUT2D eigenvalue weighted by Gasteiger charge is -2.07.